The number of benzene rings is 1. The summed E-state index contributed by atoms with van der Waals surface area (Å²) in [5, 5.41) is 9.64. The molecule has 1 fully saturated rings. The molecule has 0 bridgehead atoms. The highest BCUT2D eigenvalue weighted by Crippen LogP contribution is 2.35. The molecule has 2 aliphatic heterocycles. The quantitative estimate of drug-likeness (QED) is 0.846. The van der Waals surface area contributed by atoms with E-state index in [1.54, 1.807) is 6.08 Å². The number of carbonyl (C=O) groups is 1. The predicted molar refractivity (Wildman–Crippen MR) is 86.9 cm³/mol. The second-order valence-corrected chi connectivity index (χ2v) is 6.41. The minimum atomic E-state index is -0.728. The highest BCUT2D eigenvalue weighted by molar-refractivity contribution is 5.75. The van der Waals surface area contributed by atoms with Crippen molar-refractivity contribution in [1.82, 2.24) is 4.90 Å². The minimum Gasteiger partial charge on any atom is -0.486 e. The number of aliphatic carboxylic acids is 1. The maximum atomic E-state index is 11.7. The van der Waals surface area contributed by atoms with Crippen molar-refractivity contribution in [2.45, 2.75) is 25.4 Å². The Morgan fingerprint density at radius 2 is 2.22 bits per heavy atom. The fourth-order valence-electron chi connectivity index (χ4n) is 3.53. The van der Waals surface area contributed by atoms with E-state index in [1.807, 2.05) is 24.3 Å². The lowest BCUT2D eigenvalue weighted by atomic mass is 9.77. The molecule has 1 aromatic carbocycles. The third kappa shape index (κ3) is 3.34. The van der Waals surface area contributed by atoms with Crippen LogP contribution in [0, 0.1) is 5.41 Å². The molecule has 0 aromatic heterocycles. The summed E-state index contributed by atoms with van der Waals surface area (Å²) < 4.78 is 11.7. The van der Waals surface area contributed by atoms with Gasteiger partial charge in [0.05, 0.1) is 5.41 Å². The summed E-state index contributed by atoms with van der Waals surface area (Å²) in [6.45, 7) is 6.33. The van der Waals surface area contributed by atoms with Gasteiger partial charge in [0, 0.05) is 13.1 Å². The molecule has 1 N–H and O–H groups in total. The Hall–Kier alpha value is -2.01. The lowest BCUT2D eigenvalue weighted by molar-refractivity contribution is -0.152. The van der Waals surface area contributed by atoms with Crippen molar-refractivity contribution in [2.24, 2.45) is 5.41 Å². The maximum absolute atomic E-state index is 11.7. The summed E-state index contributed by atoms with van der Waals surface area (Å²) in [7, 11) is 0. The first-order valence-electron chi connectivity index (χ1n) is 8.08. The zero-order valence-electron chi connectivity index (χ0n) is 13.2. The van der Waals surface area contributed by atoms with Crippen LogP contribution in [0.5, 0.6) is 11.5 Å². The molecule has 5 heteroatoms. The van der Waals surface area contributed by atoms with Gasteiger partial charge in [-0.3, -0.25) is 9.69 Å². The fraction of sp³-hybridized carbons (Fsp3) is 0.500. The number of hydrogen-bond acceptors (Lipinski definition) is 4. The van der Waals surface area contributed by atoms with E-state index < -0.39 is 11.4 Å². The number of piperidine rings is 1. The lowest BCUT2D eigenvalue weighted by Crippen LogP contribution is -2.51. The van der Waals surface area contributed by atoms with Gasteiger partial charge < -0.3 is 14.6 Å². The second-order valence-electron chi connectivity index (χ2n) is 6.41. The van der Waals surface area contributed by atoms with Crippen molar-refractivity contribution < 1.29 is 19.4 Å². The largest absolute Gasteiger partial charge is 0.486 e. The average Bonchev–Trinajstić information content (AvgIpc) is 2.55. The molecule has 0 radical (unpaired) electrons. The molecule has 0 aliphatic carbocycles. The summed E-state index contributed by atoms with van der Waals surface area (Å²) in [6, 6.07) is 7.64. The van der Waals surface area contributed by atoms with Crippen molar-refractivity contribution in [3.8, 4) is 11.5 Å². The van der Waals surface area contributed by atoms with Gasteiger partial charge in [0.15, 0.2) is 11.5 Å². The van der Waals surface area contributed by atoms with E-state index in [1.165, 1.54) is 0 Å². The zero-order chi connectivity index (χ0) is 16.3. The molecule has 1 saturated heterocycles. The van der Waals surface area contributed by atoms with Gasteiger partial charge in [-0.1, -0.05) is 18.2 Å². The van der Waals surface area contributed by atoms with Crippen molar-refractivity contribution >= 4 is 5.97 Å². The van der Waals surface area contributed by atoms with Crippen molar-refractivity contribution in [3.63, 3.8) is 0 Å². The van der Waals surface area contributed by atoms with Crippen LogP contribution in [0.25, 0.3) is 0 Å². The van der Waals surface area contributed by atoms with E-state index in [-0.39, 0.29) is 6.10 Å². The van der Waals surface area contributed by atoms with Gasteiger partial charge in [-0.2, -0.15) is 0 Å². The van der Waals surface area contributed by atoms with E-state index in [0.717, 1.165) is 24.5 Å². The van der Waals surface area contributed by atoms with Gasteiger partial charge >= 0.3 is 5.97 Å². The smallest absolute Gasteiger partial charge is 0.311 e. The number of likely N-dealkylation sites (tertiary alicyclic amines) is 1. The monoisotopic (exact) mass is 317 g/mol. The summed E-state index contributed by atoms with van der Waals surface area (Å²) >= 11 is 0. The van der Waals surface area contributed by atoms with Crippen LogP contribution < -0.4 is 9.47 Å². The van der Waals surface area contributed by atoms with Crippen LogP contribution in [0.1, 0.15) is 19.3 Å². The van der Waals surface area contributed by atoms with Gasteiger partial charge in [-0.15, -0.1) is 6.58 Å². The molecule has 2 heterocycles. The van der Waals surface area contributed by atoms with Crippen LogP contribution in [0.15, 0.2) is 36.9 Å². The van der Waals surface area contributed by atoms with Crippen molar-refractivity contribution in [2.75, 3.05) is 26.2 Å². The van der Waals surface area contributed by atoms with Crippen molar-refractivity contribution in [3.05, 3.63) is 36.9 Å². The Labute approximate surface area is 136 Å². The molecule has 0 amide bonds. The molecule has 2 atom stereocenters. The minimum absolute atomic E-state index is 0.0711. The molecule has 23 heavy (non-hydrogen) atoms. The molecule has 3 rings (SSSR count). The molecular formula is C18H23NO4. The molecule has 5 nitrogen and oxygen atoms in total. The Morgan fingerprint density at radius 1 is 1.43 bits per heavy atom. The van der Waals surface area contributed by atoms with Crippen LogP contribution in [0.2, 0.25) is 0 Å². The number of para-hydroxylation sites is 2. The van der Waals surface area contributed by atoms with Crippen LogP contribution in [0.4, 0.5) is 0 Å². The average molecular weight is 317 g/mol. The summed E-state index contributed by atoms with van der Waals surface area (Å²) in [5.74, 6) is 0.804. The maximum Gasteiger partial charge on any atom is 0.311 e. The number of nitrogens with zero attached hydrogens (tertiary/aromatic N) is 1. The first kappa shape index (κ1) is 15.9. The van der Waals surface area contributed by atoms with E-state index in [4.69, 9.17) is 9.47 Å². The normalized spacial score (nSPS) is 27.4. The molecule has 0 saturated carbocycles. The van der Waals surface area contributed by atoms with Gasteiger partial charge in [-0.05, 0) is 37.9 Å². The molecule has 2 aliphatic rings. The first-order chi connectivity index (χ1) is 11.1. The van der Waals surface area contributed by atoms with Gasteiger partial charge in [-0.25, -0.2) is 0 Å². The van der Waals surface area contributed by atoms with Gasteiger partial charge in [0.2, 0.25) is 0 Å². The van der Waals surface area contributed by atoms with Crippen LogP contribution in [-0.2, 0) is 4.79 Å². The second kappa shape index (κ2) is 6.62. The highest BCUT2D eigenvalue weighted by atomic mass is 16.6. The highest BCUT2D eigenvalue weighted by Gasteiger charge is 2.42. The van der Waals surface area contributed by atoms with E-state index >= 15 is 0 Å². The number of carboxylic acids is 1. The first-order valence-corrected chi connectivity index (χ1v) is 8.08. The number of fused-ring (bicyclic) bond motifs is 1. The SMILES string of the molecule is C=CCC1(C(=O)O)CCCN(CC2COc3ccccc3O2)C1. The Kier molecular flexibility index (Phi) is 4.57. The molecule has 1 aromatic rings. The number of rotatable bonds is 5. The Morgan fingerprint density at radius 3 is 2.96 bits per heavy atom. The zero-order valence-corrected chi connectivity index (χ0v) is 13.2. The van der Waals surface area contributed by atoms with E-state index in [9.17, 15) is 9.90 Å². The summed E-state index contributed by atoms with van der Waals surface area (Å²) in [4.78, 5) is 13.9. The molecule has 124 valence electrons. The standard InChI is InChI=1S/C18H23NO4/c1-2-8-18(17(20)21)9-5-10-19(13-18)11-14-12-22-15-6-3-4-7-16(15)23-14/h2-4,6-7,14H,1,5,8-13H2,(H,20,21). The Bertz CT molecular complexity index is 588. The van der Waals surface area contributed by atoms with E-state index in [2.05, 4.69) is 11.5 Å². The lowest BCUT2D eigenvalue weighted by Gasteiger charge is -2.41. The number of allylic oxidation sites excluding steroid dienone is 1. The van der Waals surface area contributed by atoms with E-state index in [0.29, 0.717) is 32.5 Å². The molecule has 2 unspecified atom stereocenters. The van der Waals surface area contributed by atoms with Gasteiger partial charge in [0.25, 0.3) is 0 Å². The molecule has 0 spiro atoms. The van der Waals surface area contributed by atoms with Crippen LogP contribution >= 0.6 is 0 Å². The predicted octanol–water partition coefficient (Wildman–Crippen LogP) is 2.57. The third-order valence-corrected chi connectivity index (χ3v) is 4.67. The van der Waals surface area contributed by atoms with Gasteiger partial charge in [0.1, 0.15) is 12.7 Å². The summed E-state index contributed by atoms with van der Waals surface area (Å²) in [5.41, 5.74) is -0.715. The number of carboxylic acid groups (broad SMARTS) is 1. The topological polar surface area (TPSA) is 59.0 Å². The van der Waals surface area contributed by atoms with Crippen LogP contribution in [-0.4, -0.2) is 48.3 Å². The number of ether oxygens (including phenoxy) is 2. The van der Waals surface area contributed by atoms with Crippen LogP contribution in [0.3, 0.4) is 0 Å². The summed E-state index contributed by atoms with van der Waals surface area (Å²) in [6.07, 6.45) is 3.73. The molecular weight excluding hydrogens is 294 g/mol. The fourth-order valence-corrected chi connectivity index (χ4v) is 3.53. The number of hydrogen-bond donors (Lipinski definition) is 1. The third-order valence-electron chi connectivity index (χ3n) is 4.67. The van der Waals surface area contributed by atoms with Crippen molar-refractivity contribution in [1.29, 1.82) is 0 Å². The Balaban J connectivity index is 1.64.